The summed E-state index contributed by atoms with van der Waals surface area (Å²) in [7, 11) is 2.05. The SMILES string of the molecule is Cc1nn(C)c(C)c1C1CCN=C2NC3CCCCC3N21. The zero-order valence-electron chi connectivity index (χ0n) is 13.3. The van der Waals surface area contributed by atoms with Crippen LogP contribution in [0.4, 0.5) is 0 Å². The van der Waals surface area contributed by atoms with Crippen LogP contribution in [0.2, 0.25) is 0 Å². The number of rotatable bonds is 1. The summed E-state index contributed by atoms with van der Waals surface area (Å²) < 4.78 is 2.03. The molecule has 3 heterocycles. The molecule has 1 aromatic heterocycles. The highest BCUT2D eigenvalue weighted by atomic mass is 15.4. The molecule has 2 fully saturated rings. The quantitative estimate of drug-likeness (QED) is 0.860. The maximum Gasteiger partial charge on any atom is 0.195 e. The van der Waals surface area contributed by atoms with E-state index in [1.807, 2.05) is 4.68 Å². The van der Waals surface area contributed by atoms with Crippen molar-refractivity contribution in [2.24, 2.45) is 12.0 Å². The van der Waals surface area contributed by atoms with Crippen LogP contribution in [0.15, 0.2) is 4.99 Å². The van der Waals surface area contributed by atoms with E-state index < -0.39 is 0 Å². The number of fused-ring (bicyclic) bond motifs is 3. The molecule has 1 saturated heterocycles. The molecule has 1 aromatic rings. The molecule has 3 unspecified atom stereocenters. The summed E-state index contributed by atoms with van der Waals surface area (Å²) >= 11 is 0. The summed E-state index contributed by atoms with van der Waals surface area (Å²) in [5, 5.41) is 8.32. The maximum absolute atomic E-state index is 4.76. The van der Waals surface area contributed by atoms with Crippen LogP contribution < -0.4 is 5.32 Å². The van der Waals surface area contributed by atoms with Gasteiger partial charge < -0.3 is 10.2 Å². The van der Waals surface area contributed by atoms with Crippen molar-refractivity contribution in [2.75, 3.05) is 6.54 Å². The molecule has 5 nitrogen and oxygen atoms in total. The molecule has 21 heavy (non-hydrogen) atoms. The van der Waals surface area contributed by atoms with Crippen LogP contribution in [0.3, 0.4) is 0 Å². The molecule has 3 aliphatic rings. The number of aromatic nitrogens is 2. The smallest absolute Gasteiger partial charge is 0.195 e. The molecular formula is C16H25N5. The summed E-state index contributed by atoms with van der Waals surface area (Å²) in [5.74, 6) is 1.14. The van der Waals surface area contributed by atoms with E-state index >= 15 is 0 Å². The lowest BCUT2D eigenvalue weighted by molar-refractivity contribution is 0.187. The van der Waals surface area contributed by atoms with Crippen molar-refractivity contribution in [3.63, 3.8) is 0 Å². The second-order valence-electron chi connectivity index (χ2n) is 6.73. The fourth-order valence-electron chi connectivity index (χ4n) is 4.50. The number of guanidine groups is 1. The van der Waals surface area contributed by atoms with Crippen molar-refractivity contribution in [2.45, 2.75) is 64.1 Å². The van der Waals surface area contributed by atoms with E-state index in [4.69, 9.17) is 4.99 Å². The highest BCUT2D eigenvalue weighted by Crippen LogP contribution is 2.39. The minimum Gasteiger partial charge on any atom is -0.351 e. The molecule has 114 valence electrons. The Hall–Kier alpha value is -1.52. The first-order valence-corrected chi connectivity index (χ1v) is 8.26. The van der Waals surface area contributed by atoms with E-state index in [2.05, 4.69) is 36.2 Å². The second-order valence-corrected chi connectivity index (χ2v) is 6.73. The van der Waals surface area contributed by atoms with Gasteiger partial charge in [-0.1, -0.05) is 12.8 Å². The number of hydrogen-bond donors (Lipinski definition) is 1. The third-order valence-electron chi connectivity index (χ3n) is 5.54. The molecule has 3 atom stereocenters. The Morgan fingerprint density at radius 3 is 2.71 bits per heavy atom. The Morgan fingerprint density at radius 1 is 1.14 bits per heavy atom. The first-order valence-electron chi connectivity index (χ1n) is 8.26. The van der Waals surface area contributed by atoms with Crippen molar-refractivity contribution < 1.29 is 0 Å². The van der Waals surface area contributed by atoms with Gasteiger partial charge in [-0.05, 0) is 33.1 Å². The van der Waals surface area contributed by atoms with Gasteiger partial charge in [-0.2, -0.15) is 5.10 Å². The van der Waals surface area contributed by atoms with E-state index in [0.717, 1.165) is 18.9 Å². The minimum absolute atomic E-state index is 0.451. The second kappa shape index (κ2) is 4.75. The summed E-state index contributed by atoms with van der Waals surface area (Å²) in [6, 6.07) is 1.68. The zero-order chi connectivity index (χ0) is 14.6. The number of nitrogens with zero attached hydrogens (tertiary/aromatic N) is 4. The molecule has 5 heteroatoms. The van der Waals surface area contributed by atoms with Crippen LogP contribution in [0, 0.1) is 13.8 Å². The van der Waals surface area contributed by atoms with Gasteiger partial charge in [0.15, 0.2) is 5.96 Å². The van der Waals surface area contributed by atoms with Crippen molar-refractivity contribution in [1.29, 1.82) is 0 Å². The minimum atomic E-state index is 0.451. The van der Waals surface area contributed by atoms with Crippen molar-refractivity contribution in [3.05, 3.63) is 17.0 Å². The van der Waals surface area contributed by atoms with Gasteiger partial charge >= 0.3 is 0 Å². The predicted molar refractivity (Wildman–Crippen MR) is 83.4 cm³/mol. The Bertz CT molecular complexity index is 588. The van der Waals surface area contributed by atoms with Crippen LogP contribution in [0.25, 0.3) is 0 Å². The molecule has 0 spiro atoms. The fourth-order valence-corrected chi connectivity index (χ4v) is 4.50. The highest BCUT2D eigenvalue weighted by molar-refractivity contribution is 5.84. The predicted octanol–water partition coefficient (Wildman–Crippen LogP) is 2.05. The standard InChI is InChI=1S/C16H25N5/c1-10-15(11(2)20(3)19-10)14-8-9-17-16-18-12-6-4-5-7-13(12)21(14)16/h12-14H,4-9H2,1-3H3,(H,17,18). The van der Waals surface area contributed by atoms with Gasteiger partial charge in [-0.25, -0.2) is 0 Å². The number of aryl methyl sites for hydroxylation is 2. The Labute approximate surface area is 126 Å². The van der Waals surface area contributed by atoms with Crippen molar-refractivity contribution in [3.8, 4) is 0 Å². The lowest BCUT2D eigenvalue weighted by Gasteiger charge is -2.38. The fraction of sp³-hybridized carbons (Fsp3) is 0.750. The van der Waals surface area contributed by atoms with Crippen LogP contribution in [-0.4, -0.2) is 39.3 Å². The van der Waals surface area contributed by atoms with E-state index in [1.54, 1.807) is 0 Å². The average Bonchev–Trinajstić information content (AvgIpc) is 2.97. The Morgan fingerprint density at radius 2 is 1.95 bits per heavy atom. The maximum atomic E-state index is 4.76. The van der Waals surface area contributed by atoms with Gasteiger partial charge in [-0.3, -0.25) is 9.67 Å². The summed E-state index contributed by atoms with van der Waals surface area (Å²) in [6.45, 7) is 5.27. The van der Waals surface area contributed by atoms with Gasteiger partial charge in [0.1, 0.15) is 0 Å². The van der Waals surface area contributed by atoms with Gasteiger partial charge in [-0.15, -0.1) is 0 Å². The van der Waals surface area contributed by atoms with E-state index in [9.17, 15) is 0 Å². The third-order valence-corrected chi connectivity index (χ3v) is 5.54. The number of nitrogens with one attached hydrogen (secondary N) is 1. The van der Waals surface area contributed by atoms with Gasteiger partial charge in [0.25, 0.3) is 0 Å². The Balaban J connectivity index is 1.74. The molecule has 0 bridgehead atoms. The zero-order valence-corrected chi connectivity index (χ0v) is 13.3. The summed E-state index contributed by atoms with van der Waals surface area (Å²) in [5.41, 5.74) is 3.91. The molecule has 0 radical (unpaired) electrons. The third kappa shape index (κ3) is 1.89. The van der Waals surface area contributed by atoms with Crippen molar-refractivity contribution >= 4 is 5.96 Å². The average molecular weight is 287 g/mol. The molecule has 2 aliphatic heterocycles. The molecule has 1 N–H and O–H groups in total. The monoisotopic (exact) mass is 287 g/mol. The van der Waals surface area contributed by atoms with Crippen LogP contribution in [0.1, 0.15) is 55.1 Å². The molecule has 1 aliphatic carbocycles. The first-order chi connectivity index (χ1) is 10.2. The lowest BCUT2D eigenvalue weighted by atomic mass is 9.88. The molecule has 1 saturated carbocycles. The van der Waals surface area contributed by atoms with Gasteiger partial charge in [0, 0.05) is 30.9 Å². The van der Waals surface area contributed by atoms with E-state index in [0.29, 0.717) is 18.1 Å². The van der Waals surface area contributed by atoms with Crippen LogP contribution in [-0.2, 0) is 7.05 Å². The first kappa shape index (κ1) is 13.2. The van der Waals surface area contributed by atoms with Gasteiger partial charge in [0.2, 0.25) is 0 Å². The summed E-state index contributed by atoms with van der Waals surface area (Å²) in [4.78, 5) is 7.35. The molecule has 0 aromatic carbocycles. The van der Waals surface area contributed by atoms with Crippen LogP contribution in [0.5, 0.6) is 0 Å². The molecular weight excluding hydrogens is 262 g/mol. The largest absolute Gasteiger partial charge is 0.351 e. The lowest BCUT2D eigenvalue weighted by Crippen LogP contribution is -2.43. The molecule has 4 rings (SSSR count). The van der Waals surface area contributed by atoms with E-state index in [-0.39, 0.29) is 0 Å². The summed E-state index contributed by atoms with van der Waals surface area (Å²) in [6.07, 6.45) is 6.40. The molecule has 0 amide bonds. The van der Waals surface area contributed by atoms with E-state index in [1.165, 1.54) is 42.6 Å². The van der Waals surface area contributed by atoms with Crippen LogP contribution >= 0.6 is 0 Å². The normalized spacial score (nSPS) is 31.5. The van der Waals surface area contributed by atoms with Gasteiger partial charge in [0.05, 0.1) is 17.8 Å². The topological polar surface area (TPSA) is 45.5 Å². The highest BCUT2D eigenvalue weighted by Gasteiger charge is 2.45. The number of hydrogen-bond acceptors (Lipinski definition) is 4. The Kier molecular flexibility index (Phi) is 2.98. The van der Waals surface area contributed by atoms with Crippen molar-refractivity contribution in [1.82, 2.24) is 20.0 Å². The number of aliphatic imine (C=N–C) groups is 1.